The third kappa shape index (κ3) is 3.42. The van der Waals surface area contributed by atoms with E-state index in [0.29, 0.717) is 18.1 Å². The molecule has 0 aromatic heterocycles. The van der Waals surface area contributed by atoms with Crippen LogP contribution in [0.25, 0.3) is 0 Å². The Morgan fingerprint density at radius 2 is 2.19 bits per heavy atom. The van der Waals surface area contributed by atoms with Gasteiger partial charge in [0, 0.05) is 18.5 Å². The lowest BCUT2D eigenvalue weighted by Gasteiger charge is -2.32. The first kappa shape index (κ1) is 12.3. The fraction of sp³-hybridized carbons (Fsp3) is 1.00. The van der Waals surface area contributed by atoms with Crippen molar-refractivity contribution in [2.24, 2.45) is 5.41 Å². The van der Waals surface area contributed by atoms with E-state index >= 15 is 0 Å². The van der Waals surface area contributed by atoms with Crippen LogP contribution in [0.3, 0.4) is 0 Å². The summed E-state index contributed by atoms with van der Waals surface area (Å²) in [6, 6.07) is 0. The van der Waals surface area contributed by atoms with Crippen molar-refractivity contribution in [2.75, 3.05) is 26.2 Å². The molecule has 1 aliphatic carbocycles. The summed E-state index contributed by atoms with van der Waals surface area (Å²) >= 11 is 0. The fourth-order valence-corrected chi connectivity index (χ4v) is 2.49. The molecular weight excluding hydrogens is 205 g/mol. The maximum absolute atomic E-state index is 13.3. The van der Waals surface area contributed by atoms with Gasteiger partial charge in [-0.1, -0.05) is 0 Å². The minimum absolute atomic E-state index is 0.313. The molecule has 0 unspecified atom stereocenters. The van der Waals surface area contributed by atoms with Crippen LogP contribution in [0.4, 0.5) is 4.39 Å². The third-order valence-electron chi connectivity index (χ3n) is 3.69. The molecule has 2 fully saturated rings. The van der Waals surface area contributed by atoms with Crippen molar-refractivity contribution in [3.8, 4) is 0 Å². The molecule has 94 valence electrons. The Morgan fingerprint density at radius 1 is 1.44 bits per heavy atom. The number of likely N-dealkylation sites (tertiary alicyclic amines) is 1. The monoisotopic (exact) mass is 229 g/mol. The topological polar surface area (TPSA) is 12.5 Å². The quantitative estimate of drug-likeness (QED) is 0.718. The van der Waals surface area contributed by atoms with Gasteiger partial charge >= 0.3 is 0 Å². The van der Waals surface area contributed by atoms with Gasteiger partial charge in [-0.25, -0.2) is 4.39 Å². The number of rotatable bonds is 5. The molecule has 1 heterocycles. The first-order valence-electron chi connectivity index (χ1n) is 6.58. The standard InChI is InChI=1S/C13H24FNO/c1-11(2)16-10-13(5-6-13)9-15-7-3-4-12(14)8-15/h11-12H,3-10H2,1-2H3/t12-/m0/s1. The van der Waals surface area contributed by atoms with Crippen molar-refractivity contribution in [3.63, 3.8) is 0 Å². The van der Waals surface area contributed by atoms with Crippen LogP contribution in [-0.2, 0) is 4.74 Å². The number of halogens is 1. The zero-order chi connectivity index (χ0) is 11.6. The minimum atomic E-state index is -0.601. The Kier molecular flexibility index (Phi) is 3.85. The van der Waals surface area contributed by atoms with Crippen molar-refractivity contribution in [3.05, 3.63) is 0 Å². The van der Waals surface area contributed by atoms with Crippen LogP contribution in [0.15, 0.2) is 0 Å². The average molecular weight is 229 g/mol. The molecule has 0 bridgehead atoms. The summed E-state index contributed by atoms with van der Waals surface area (Å²) in [6.07, 6.45) is 4.00. The van der Waals surface area contributed by atoms with Gasteiger partial charge in [-0.2, -0.15) is 0 Å². The van der Waals surface area contributed by atoms with Crippen molar-refractivity contribution in [1.29, 1.82) is 0 Å². The lowest BCUT2D eigenvalue weighted by atomic mass is 10.0. The van der Waals surface area contributed by atoms with Gasteiger partial charge in [-0.05, 0) is 46.1 Å². The van der Waals surface area contributed by atoms with Crippen molar-refractivity contribution < 1.29 is 9.13 Å². The fourth-order valence-electron chi connectivity index (χ4n) is 2.49. The van der Waals surface area contributed by atoms with Crippen LogP contribution < -0.4 is 0 Å². The van der Waals surface area contributed by atoms with E-state index in [4.69, 9.17) is 4.74 Å². The van der Waals surface area contributed by atoms with E-state index in [0.717, 1.165) is 32.5 Å². The van der Waals surface area contributed by atoms with Gasteiger partial charge in [0.15, 0.2) is 0 Å². The first-order valence-corrected chi connectivity index (χ1v) is 6.58. The second-order valence-corrected chi connectivity index (χ2v) is 5.83. The van der Waals surface area contributed by atoms with E-state index in [9.17, 15) is 4.39 Å². The summed E-state index contributed by atoms with van der Waals surface area (Å²) in [4.78, 5) is 2.30. The summed E-state index contributed by atoms with van der Waals surface area (Å²) in [5.74, 6) is 0. The molecule has 0 spiro atoms. The maximum Gasteiger partial charge on any atom is 0.113 e. The number of hydrogen-bond donors (Lipinski definition) is 0. The van der Waals surface area contributed by atoms with Crippen molar-refractivity contribution >= 4 is 0 Å². The van der Waals surface area contributed by atoms with Crippen molar-refractivity contribution in [2.45, 2.75) is 51.8 Å². The smallest absolute Gasteiger partial charge is 0.113 e. The van der Waals surface area contributed by atoms with Gasteiger partial charge in [-0.3, -0.25) is 4.90 Å². The molecule has 1 saturated carbocycles. The van der Waals surface area contributed by atoms with Gasteiger partial charge in [0.05, 0.1) is 12.7 Å². The highest BCUT2D eigenvalue weighted by atomic mass is 19.1. The summed E-state index contributed by atoms with van der Waals surface area (Å²) in [7, 11) is 0. The number of ether oxygens (including phenoxy) is 1. The highest BCUT2D eigenvalue weighted by molar-refractivity contribution is 4.96. The van der Waals surface area contributed by atoms with Gasteiger partial charge in [0.2, 0.25) is 0 Å². The van der Waals surface area contributed by atoms with Gasteiger partial charge in [0.1, 0.15) is 6.17 Å². The molecule has 1 aliphatic heterocycles. The molecule has 2 rings (SSSR count). The Bertz CT molecular complexity index is 228. The van der Waals surface area contributed by atoms with E-state index in [1.807, 2.05) is 0 Å². The summed E-state index contributed by atoms with van der Waals surface area (Å²) in [5.41, 5.74) is 0.362. The third-order valence-corrected chi connectivity index (χ3v) is 3.69. The predicted molar refractivity (Wildman–Crippen MR) is 63.3 cm³/mol. The SMILES string of the molecule is CC(C)OCC1(CN2CCC[C@H](F)C2)CC1. The lowest BCUT2D eigenvalue weighted by molar-refractivity contribution is 0.0230. The number of alkyl halides is 1. The van der Waals surface area contributed by atoms with Crippen LogP contribution in [0, 0.1) is 5.41 Å². The average Bonchev–Trinajstić information content (AvgIpc) is 2.96. The van der Waals surface area contributed by atoms with Crippen LogP contribution in [-0.4, -0.2) is 43.4 Å². The maximum atomic E-state index is 13.3. The zero-order valence-electron chi connectivity index (χ0n) is 10.5. The lowest BCUT2D eigenvalue weighted by Crippen LogP contribution is -2.41. The van der Waals surface area contributed by atoms with Gasteiger partial charge in [0.25, 0.3) is 0 Å². The second kappa shape index (κ2) is 5.01. The molecule has 0 radical (unpaired) electrons. The highest BCUT2D eigenvalue weighted by Crippen LogP contribution is 2.47. The molecular formula is C13H24FNO. The highest BCUT2D eigenvalue weighted by Gasteiger charge is 2.44. The Balaban J connectivity index is 1.75. The Labute approximate surface area is 98.1 Å². The zero-order valence-corrected chi connectivity index (χ0v) is 10.5. The van der Waals surface area contributed by atoms with Crippen LogP contribution in [0.5, 0.6) is 0 Å². The molecule has 1 atom stereocenters. The predicted octanol–water partition coefficient (Wildman–Crippen LogP) is 2.63. The Hall–Kier alpha value is -0.150. The van der Waals surface area contributed by atoms with Crippen LogP contribution >= 0.6 is 0 Å². The van der Waals surface area contributed by atoms with E-state index in [1.54, 1.807) is 0 Å². The van der Waals surface area contributed by atoms with E-state index in [2.05, 4.69) is 18.7 Å². The molecule has 0 amide bonds. The van der Waals surface area contributed by atoms with Gasteiger partial charge < -0.3 is 4.74 Å². The van der Waals surface area contributed by atoms with Crippen LogP contribution in [0.2, 0.25) is 0 Å². The number of nitrogens with zero attached hydrogens (tertiary/aromatic N) is 1. The summed E-state index contributed by atoms with van der Waals surface area (Å²) < 4.78 is 19.0. The molecule has 0 aromatic rings. The second-order valence-electron chi connectivity index (χ2n) is 5.83. The van der Waals surface area contributed by atoms with E-state index in [-0.39, 0.29) is 0 Å². The van der Waals surface area contributed by atoms with Crippen molar-refractivity contribution in [1.82, 2.24) is 4.90 Å². The van der Waals surface area contributed by atoms with E-state index in [1.165, 1.54) is 12.8 Å². The molecule has 2 aliphatic rings. The molecule has 3 heteroatoms. The summed E-state index contributed by atoms with van der Waals surface area (Å²) in [6.45, 7) is 7.77. The normalized spacial score (nSPS) is 29.6. The molecule has 16 heavy (non-hydrogen) atoms. The minimum Gasteiger partial charge on any atom is -0.378 e. The van der Waals surface area contributed by atoms with E-state index < -0.39 is 6.17 Å². The summed E-state index contributed by atoms with van der Waals surface area (Å²) in [5, 5.41) is 0. The van der Waals surface area contributed by atoms with Crippen LogP contribution in [0.1, 0.15) is 39.5 Å². The molecule has 0 N–H and O–H groups in total. The molecule has 1 saturated heterocycles. The van der Waals surface area contributed by atoms with Gasteiger partial charge in [-0.15, -0.1) is 0 Å². The number of piperidine rings is 1. The molecule has 2 nitrogen and oxygen atoms in total. The largest absolute Gasteiger partial charge is 0.378 e. The first-order chi connectivity index (χ1) is 7.60. The Morgan fingerprint density at radius 3 is 2.75 bits per heavy atom. The number of hydrogen-bond acceptors (Lipinski definition) is 2. The molecule has 0 aromatic carbocycles.